The molecule has 8 heteroatoms. The van der Waals surface area contributed by atoms with Gasteiger partial charge in [-0.25, -0.2) is 9.78 Å². The van der Waals surface area contributed by atoms with Crippen LogP contribution in [0.2, 0.25) is 5.15 Å². The van der Waals surface area contributed by atoms with Crippen LogP contribution in [0.4, 0.5) is 5.69 Å². The molecule has 0 unspecified atom stereocenters. The number of carbonyl (C=O) groups is 3. The summed E-state index contributed by atoms with van der Waals surface area (Å²) >= 11 is 5.86. The Bertz CT molecular complexity index is 812. The van der Waals surface area contributed by atoms with Crippen LogP contribution in [0.15, 0.2) is 48.7 Å². The van der Waals surface area contributed by atoms with Gasteiger partial charge in [0, 0.05) is 11.8 Å². The first kappa shape index (κ1) is 20.4. The highest BCUT2D eigenvalue weighted by Gasteiger charge is 2.26. The minimum Gasteiger partial charge on any atom is -0.454 e. The smallest absolute Gasteiger partial charge is 0.329 e. The third-order valence-electron chi connectivity index (χ3n) is 3.62. The van der Waals surface area contributed by atoms with Gasteiger partial charge in [0.05, 0.1) is 5.69 Å². The number of nitrogens with zero attached hydrogens (tertiary/aromatic N) is 1. The fourth-order valence-corrected chi connectivity index (χ4v) is 2.37. The number of amides is 2. The second kappa shape index (κ2) is 9.68. The molecule has 1 heterocycles. The second-order valence-corrected chi connectivity index (χ2v) is 6.42. The maximum Gasteiger partial charge on any atom is 0.329 e. The summed E-state index contributed by atoms with van der Waals surface area (Å²) in [6, 6.07) is 10.8. The van der Waals surface area contributed by atoms with Crippen molar-refractivity contribution in [1.82, 2.24) is 10.3 Å². The Labute approximate surface area is 162 Å². The molecule has 1 aromatic heterocycles. The topological polar surface area (TPSA) is 97.4 Å². The van der Waals surface area contributed by atoms with Crippen LogP contribution in [0, 0.1) is 5.92 Å². The molecular formula is C19H20ClN3O4. The van der Waals surface area contributed by atoms with Gasteiger partial charge in [-0.3, -0.25) is 9.59 Å². The Morgan fingerprint density at radius 2 is 1.81 bits per heavy atom. The van der Waals surface area contributed by atoms with Crippen molar-refractivity contribution < 1.29 is 19.1 Å². The van der Waals surface area contributed by atoms with Crippen LogP contribution < -0.4 is 10.6 Å². The monoisotopic (exact) mass is 389 g/mol. The molecule has 142 valence electrons. The number of halogens is 1. The van der Waals surface area contributed by atoms with Crippen molar-refractivity contribution in [2.45, 2.75) is 19.9 Å². The van der Waals surface area contributed by atoms with Gasteiger partial charge >= 0.3 is 5.97 Å². The first-order valence-electron chi connectivity index (χ1n) is 8.31. The van der Waals surface area contributed by atoms with E-state index in [1.165, 1.54) is 6.20 Å². The van der Waals surface area contributed by atoms with Crippen LogP contribution in [-0.2, 0) is 14.3 Å². The predicted octanol–water partition coefficient (Wildman–Crippen LogP) is 2.67. The summed E-state index contributed by atoms with van der Waals surface area (Å²) in [7, 11) is 0. The van der Waals surface area contributed by atoms with Crippen molar-refractivity contribution in [3.63, 3.8) is 0 Å². The minimum atomic E-state index is -0.882. The molecule has 2 rings (SSSR count). The molecule has 0 aliphatic rings. The maximum atomic E-state index is 12.3. The number of aromatic nitrogens is 1. The van der Waals surface area contributed by atoms with E-state index in [-0.39, 0.29) is 11.1 Å². The molecule has 2 amide bonds. The van der Waals surface area contributed by atoms with Gasteiger partial charge in [0.15, 0.2) is 11.8 Å². The largest absolute Gasteiger partial charge is 0.454 e. The molecule has 0 saturated heterocycles. The lowest BCUT2D eigenvalue weighted by molar-refractivity contribution is -0.150. The molecule has 0 radical (unpaired) electrons. The van der Waals surface area contributed by atoms with E-state index in [0.29, 0.717) is 11.3 Å². The van der Waals surface area contributed by atoms with Crippen LogP contribution in [-0.4, -0.2) is 35.4 Å². The summed E-state index contributed by atoms with van der Waals surface area (Å²) in [5.41, 5.74) is 0.748. The Balaban J connectivity index is 1.92. The third-order valence-corrected chi connectivity index (χ3v) is 3.92. The number of anilines is 1. The first-order chi connectivity index (χ1) is 12.9. The van der Waals surface area contributed by atoms with Crippen molar-refractivity contribution in [3.05, 3.63) is 59.4 Å². The number of pyridine rings is 1. The lowest BCUT2D eigenvalue weighted by Crippen LogP contribution is -2.45. The molecule has 27 heavy (non-hydrogen) atoms. The van der Waals surface area contributed by atoms with Crippen molar-refractivity contribution in [2.24, 2.45) is 5.92 Å². The van der Waals surface area contributed by atoms with Crippen molar-refractivity contribution in [3.8, 4) is 0 Å². The van der Waals surface area contributed by atoms with Gasteiger partial charge in [-0.15, -0.1) is 0 Å². The highest BCUT2D eigenvalue weighted by molar-refractivity contribution is 6.32. The van der Waals surface area contributed by atoms with Crippen molar-refractivity contribution in [2.75, 3.05) is 11.9 Å². The number of rotatable bonds is 7. The molecule has 7 nitrogen and oxygen atoms in total. The molecule has 0 saturated carbocycles. The summed E-state index contributed by atoms with van der Waals surface area (Å²) in [6.45, 7) is 3.04. The highest BCUT2D eigenvalue weighted by Crippen LogP contribution is 2.17. The fraction of sp³-hybridized carbons (Fsp3) is 0.263. The van der Waals surface area contributed by atoms with E-state index < -0.39 is 30.4 Å². The summed E-state index contributed by atoms with van der Waals surface area (Å²) < 4.78 is 5.05. The average molecular weight is 390 g/mol. The number of benzene rings is 1. The van der Waals surface area contributed by atoms with Gasteiger partial charge in [-0.1, -0.05) is 43.6 Å². The summed E-state index contributed by atoms with van der Waals surface area (Å²) in [4.78, 5) is 40.4. The van der Waals surface area contributed by atoms with E-state index in [1.54, 1.807) is 56.3 Å². The zero-order valence-electron chi connectivity index (χ0n) is 14.9. The molecule has 0 bridgehead atoms. The molecule has 1 atom stereocenters. The van der Waals surface area contributed by atoms with Gasteiger partial charge in [0.2, 0.25) is 0 Å². The zero-order valence-corrected chi connectivity index (χ0v) is 15.7. The number of nitrogens with one attached hydrogen (secondary N) is 2. The molecule has 0 fully saturated rings. The highest BCUT2D eigenvalue weighted by atomic mass is 35.5. The van der Waals surface area contributed by atoms with E-state index in [2.05, 4.69) is 15.6 Å². The van der Waals surface area contributed by atoms with Gasteiger partial charge < -0.3 is 15.4 Å². The number of esters is 1. The molecular weight excluding hydrogens is 370 g/mol. The quantitative estimate of drug-likeness (QED) is 0.560. The van der Waals surface area contributed by atoms with Crippen LogP contribution in [0.1, 0.15) is 24.2 Å². The Kier molecular flexibility index (Phi) is 7.31. The third kappa shape index (κ3) is 6.07. The number of hydrogen-bond acceptors (Lipinski definition) is 5. The standard InChI is InChI=1S/C19H20ClN3O4/c1-12(2)16(23-18(25)13-7-4-3-5-8-13)19(26)27-11-15(24)22-14-9-6-10-21-17(14)20/h3-10,12,16H,11H2,1-2H3,(H,22,24)(H,23,25)/t16-/m1/s1. The van der Waals surface area contributed by atoms with Gasteiger partial charge in [0.1, 0.15) is 6.04 Å². The SMILES string of the molecule is CC(C)[C@@H](NC(=O)c1ccccc1)C(=O)OCC(=O)Nc1cccnc1Cl. The Morgan fingerprint density at radius 3 is 2.44 bits per heavy atom. The molecule has 1 aromatic carbocycles. The Hall–Kier alpha value is -2.93. The van der Waals surface area contributed by atoms with E-state index in [1.807, 2.05) is 0 Å². The van der Waals surface area contributed by atoms with Gasteiger partial charge in [-0.05, 0) is 30.2 Å². The van der Waals surface area contributed by atoms with E-state index in [4.69, 9.17) is 16.3 Å². The lowest BCUT2D eigenvalue weighted by atomic mass is 10.0. The molecule has 0 spiro atoms. The van der Waals surface area contributed by atoms with Gasteiger partial charge in [0.25, 0.3) is 11.8 Å². The van der Waals surface area contributed by atoms with Crippen LogP contribution >= 0.6 is 11.6 Å². The fourth-order valence-electron chi connectivity index (χ4n) is 2.20. The minimum absolute atomic E-state index is 0.132. The molecule has 2 N–H and O–H groups in total. The summed E-state index contributed by atoms with van der Waals surface area (Å²) in [5.74, 6) is -1.87. The van der Waals surface area contributed by atoms with Crippen molar-refractivity contribution in [1.29, 1.82) is 0 Å². The number of carbonyl (C=O) groups excluding carboxylic acids is 3. The lowest BCUT2D eigenvalue weighted by Gasteiger charge is -2.20. The van der Waals surface area contributed by atoms with E-state index in [9.17, 15) is 14.4 Å². The normalized spacial score (nSPS) is 11.6. The summed E-state index contributed by atoms with van der Waals surface area (Å²) in [6.07, 6.45) is 1.49. The van der Waals surface area contributed by atoms with E-state index in [0.717, 1.165) is 0 Å². The first-order valence-corrected chi connectivity index (χ1v) is 8.69. The summed E-state index contributed by atoms with van der Waals surface area (Å²) in [5, 5.41) is 5.27. The van der Waals surface area contributed by atoms with Crippen LogP contribution in [0.3, 0.4) is 0 Å². The molecule has 0 aliphatic carbocycles. The molecule has 2 aromatic rings. The Morgan fingerprint density at radius 1 is 1.11 bits per heavy atom. The van der Waals surface area contributed by atoms with Gasteiger partial charge in [-0.2, -0.15) is 0 Å². The number of ether oxygens (including phenoxy) is 1. The van der Waals surface area contributed by atoms with Crippen LogP contribution in [0.5, 0.6) is 0 Å². The predicted molar refractivity (Wildman–Crippen MR) is 101 cm³/mol. The molecule has 0 aliphatic heterocycles. The average Bonchev–Trinajstić information content (AvgIpc) is 2.66. The van der Waals surface area contributed by atoms with Crippen LogP contribution in [0.25, 0.3) is 0 Å². The zero-order chi connectivity index (χ0) is 19.8. The number of hydrogen-bond donors (Lipinski definition) is 2. The second-order valence-electron chi connectivity index (χ2n) is 6.06. The maximum absolute atomic E-state index is 12.3. The van der Waals surface area contributed by atoms with E-state index >= 15 is 0 Å². The van der Waals surface area contributed by atoms with Crippen molar-refractivity contribution >= 4 is 35.1 Å².